The normalized spacial score (nSPS) is 10.2. The zero-order chi connectivity index (χ0) is 15.4. The van der Waals surface area contributed by atoms with E-state index in [0.29, 0.717) is 11.6 Å². The molecule has 0 aliphatic carbocycles. The average Bonchev–Trinajstić information content (AvgIpc) is 2.47. The number of nitro benzene ring substituents is 1. The van der Waals surface area contributed by atoms with Crippen LogP contribution in [0.2, 0.25) is 0 Å². The first-order chi connectivity index (χ1) is 10.0. The molecule has 0 bridgehead atoms. The van der Waals surface area contributed by atoms with Gasteiger partial charge in [-0.1, -0.05) is 26.0 Å². The molecule has 0 aromatic heterocycles. The van der Waals surface area contributed by atoms with Crippen LogP contribution in [0.4, 0.5) is 17.1 Å². The molecule has 2 rings (SSSR count). The maximum Gasteiger partial charge on any atom is 0.270 e. The summed E-state index contributed by atoms with van der Waals surface area (Å²) >= 11 is 0. The van der Waals surface area contributed by atoms with Crippen LogP contribution in [0.5, 0.6) is 0 Å². The standard InChI is InChI=1S/C16H15N3O2/c1-11(2)12-4-3-5-14(8-12)18-16-7-6-15(19(20)21)9-13(16)10-17/h3-9,11,18H,1-2H3. The van der Waals surface area contributed by atoms with E-state index in [0.717, 1.165) is 5.69 Å². The Kier molecular flexibility index (Phi) is 4.19. The molecular weight excluding hydrogens is 266 g/mol. The second kappa shape index (κ2) is 6.06. The number of nitro groups is 1. The molecule has 0 atom stereocenters. The van der Waals surface area contributed by atoms with E-state index in [1.165, 1.54) is 17.7 Å². The lowest BCUT2D eigenvalue weighted by Gasteiger charge is -2.11. The minimum absolute atomic E-state index is 0.0898. The van der Waals surface area contributed by atoms with Crippen LogP contribution in [0.15, 0.2) is 42.5 Å². The van der Waals surface area contributed by atoms with Crippen LogP contribution in [0.1, 0.15) is 30.9 Å². The first-order valence-electron chi connectivity index (χ1n) is 6.57. The van der Waals surface area contributed by atoms with Gasteiger partial charge in [-0.3, -0.25) is 10.1 Å². The van der Waals surface area contributed by atoms with Crippen LogP contribution in [0.3, 0.4) is 0 Å². The Morgan fingerprint density at radius 3 is 2.62 bits per heavy atom. The minimum Gasteiger partial charge on any atom is -0.354 e. The number of anilines is 2. The van der Waals surface area contributed by atoms with Crippen LogP contribution in [-0.4, -0.2) is 4.92 Å². The van der Waals surface area contributed by atoms with Gasteiger partial charge in [-0.25, -0.2) is 0 Å². The molecule has 0 saturated heterocycles. The maximum atomic E-state index is 10.7. The fourth-order valence-electron chi connectivity index (χ4n) is 1.98. The van der Waals surface area contributed by atoms with Crippen molar-refractivity contribution < 1.29 is 4.92 Å². The van der Waals surface area contributed by atoms with E-state index in [4.69, 9.17) is 5.26 Å². The van der Waals surface area contributed by atoms with Gasteiger partial charge in [-0.05, 0) is 29.7 Å². The average molecular weight is 281 g/mol. The van der Waals surface area contributed by atoms with Crippen molar-refractivity contribution >= 4 is 17.1 Å². The minimum atomic E-state index is -0.510. The fraction of sp³-hybridized carbons (Fsp3) is 0.188. The van der Waals surface area contributed by atoms with Gasteiger partial charge < -0.3 is 5.32 Å². The summed E-state index contributed by atoms with van der Waals surface area (Å²) in [6, 6.07) is 14.1. The molecule has 0 unspecified atom stereocenters. The number of nitriles is 1. The molecule has 0 radical (unpaired) electrons. The number of hydrogen-bond acceptors (Lipinski definition) is 4. The molecule has 1 N–H and O–H groups in total. The molecule has 106 valence electrons. The quantitative estimate of drug-likeness (QED) is 0.668. The van der Waals surface area contributed by atoms with Gasteiger partial charge >= 0.3 is 0 Å². The molecule has 0 aliphatic rings. The van der Waals surface area contributed by atoms with Gasteiger partial charge in [0.2, 0.25) is 0 Å². The smallest absolute Gasteiger partial charge is 0.270 e. The summed E-state index contributed by atoms with van der Waals surface area (Å²) in [5.41, 5.74) is 2.75. The summed E-state index contributed by atoms with van der Waals surface area (Å²) < 4.78 is 0. The van der Waals surface area contributed by atoms with Crippen molar-refractivity contribution in [3.63, 3.8) is 0 Å². The lowest BCUT2D eigenvalue weighted by Crippen LogP contribution is -1.97. The second-order valence-corrected chi connectivity index (χ2v) is 5.00. The van der Waals surface area contributed by atoms with Crippen LogP contribution in [0, 0.1) is 21.4 Å². The van der Waals surface area contributed by atoms with E-state index in [9.17, 15) is 10.1 Å². The van der Waals surface area contributed by atoms with E-state index < -0.39 is 4.92 Å². The van der Waals surface area contributed by atoms with Gasteiger partial charge in [0.25, 0.3) is 5.69 Å². The number of rotatable bonds is 4. The highest BCUT2D eigenvalue weighted by atomic mass is 16.6. The van der Waals surface area contributed by atoms with Crippen molar-refractivity contribution in [1.29, 1.82) is 5.26 Å². The number of nitrogens with one attached hydrogen (secondary N) is 1. The van der Waals surface area contributed by atoms with Gasteiger partial charge in [0.05, 0.1) is 16.2 Å². The van der Waals surface area contributed by atoms with Crippen LogP contribution in [0.25, 0.3) is 0 Å². The Labute approximate surface area is 123 Å². The monoisotopic (exact) mass is 281 g/mol. The third-order valence-corrected chi connectivity index (χ3v) is 3.17. The number of nitrogens with zero attached hydrogens (tertiary/aromatic N) is 2. The Balaban J connectivity index is 2.33. The van der Waals surface area contributed by atoms with Crippen molar-refractivity contribution in [1.82, 2.24) is 0 Å². The number of benzene rings is 2. The van der Waals surface area contributed by atoms with E-state index in [1.807, 2.05) is 30.3 Å². The van der Waals surface area contributed by atoms with Crippen LogP contribution in [-0.2, 0) is 0 Å². The zero-order valence-electron chi connectivity index (χ0n) is 11.8. The Morgan fingerprint density at radius 1 is 1.24 bits per heavy atom. The molecule has 0 heterocycles. The van der Waals surface area contributed by atoms with E-state index in [2.05, 4.69) is 19.2 Å². The molecule has 0 fully saturated rings. The molecule has 2 aromatic carbocycles. The van der Waals surface area contributed by atoms with Gasteiger partial charge in [0.1, 0.15) is 6.07 Å². The number of non-ortho nitro benzene ring substituents is 1. The predicted octanol–water partition coefficient (Wildman–Crippen LogP) is 4.33. The van der Waals surface area contributed by atoms with Crippen molar-refractivity contribution in [2.24, 2.45) is 0 Å². The second-order valence-electron chi connectivity index (χ2n) is 5.00. The van der Waals surface area contributed by atoms with Gasteiger partial charge in [0.15, 0.2) is 0 Å². The molecule has 21 heavy (non-hydrogen) atoms. The van der Waals surface area contributed by atoms with Crippen molar-refractivity contribution in [2.75, 3.05) is 5.32 Å². The van der Waals surface area contributed by atoms with Gasteiger partial charge in [-0.2, -0.15) is 5.26 Å². The molecular formula is C16H15N3O2. The summed E-state index contributed by atoms with van der Waals surface area (Å²) in [6.45, 7) is 4.21. The highest BCUT2D eigenvalue weighted by Crippen LogP contribution is 2.26. The Bertz CT molecular complexity index is 718. The first kappa shape index (κ1) is 14.5. The van der Waals surface area contributed by atoms with Gasteiger partial charge in [-0.15, -0.1) is 0 Å². The van der Waals surface area contributed by atoms with Crippen LogP contribution < -0.4 is 5.32 Å². The maximum absolute atomic E-state index is 10.7. The summed E-state index contributed by atoms with van der Waals surface area (Å²) in [4.78, 5) is 10.2. The molecule has 0 aliphatic heterocycles. The van der Waals surface area contributed by atoms with E-state index >= 15 is 0 Å². The van der Waals surface area contributed by atoms with Crippen molar-refractivity contribution in [2.45, 2.75) is 19.8 Å². The Hall–Kier alpha value is -2.87. The Morgan fingerprint density at radius 2 is 2.00 bits per heavy atom. The summed E-state index contributed by atoms with van der Waals surface area (Å²) in [7, 11) is 0. The van der Waals surface area contributed by atoms with Crippen molar-refractivity contribution in [3.05, 3.63) is 63.7 Å². The highest BCUT2D eigenvalue weighted by molar-refractivity contribution is 5.68. The third kappa shape index (κ3) is 3.37. The van der Waals surface area contributed by atoms with E-state index in [-0.39, 0.29) is 11.3 Å². The molecule has 0 amide bonds. The molecule has 5 nitrogen and oxygen atoms in total. The predicted molar refractivity (Wildman–Crippen MR) is 81.6 cm³/mol. The fourth-order valence-corrected chi connectivity index (χ4v) is 1.98. The zero-order valence-corrected chi connectivity index (χ0v) is 11.8. The van der Waals surface area contributed by atoms with E-state index in [1.54, 1.807) is 6.07 Å². The molecule has 5 heteroatoms. The lowest BCUT2D eigenvalue weighted by atomic mass is 10.0. The largest absolute Gasteiger partial charge is 0.354 e. The number of hydrogen-bond donors (Lipinski definition) is 1. The molecule has 2 aromatic rings. The topological polar surface area (TPSA) is 79.0 Å². The molecule has 0 saturated carbocycles. The lowest BCUT2D eigenvalue weighted by molar-refractivity contribution is -0.384. The summed E-state index contributed by atoms with van der Waals surface area (Å²) in [5.74, 6) is 0.402. The third-order valence-electron chi connectivity index (χ3n) is 3.17. The van der Waals surface area contributed by atoms with Gasteiger partial charge in [0, 0.05) is 17.8 Å². The summed E-state index contributed by atoms with van der Waals surface area (Å²) in [5, 5.41) is 23.0. The van der Waals surface area contributed by atoms with Crippen molar-refractivity contribution in [3.8, 4) is 6.07 Å². The highest BCUT2D eigenvalue weighted by Gasteiger charge is 2.11. The SMILES string of the molecule is CC(C)c1cccc(Nc2ccc([N+](=O)[O-])cc2C#N)c1. The molecule has 0 spiro atoms. The summed E-state index contributed by atoms with van der Waals surface area (Å²) in [6.07, 6.45) is 0. The van der Waals surface area contributed by atoms with Crippen LogP contribution >= 0.6 is 0 Å². The first-order valence-corrected chi connectivity index (χ1v) is 6.57.